The second-order valence-corrected chi connectivity index (χ2v) is 22.8. The molecule has 2 aliphatic rings. The molecule has 1 radical (unpaired) electrons. The molecule has 2 nitrogen and oxygen atoms in total. The van der Waals surface area contributed by atoms with E-state index in [0.29, 0.717) is 0 Å². The van der Waals surface area contributed by atoms with Gasteiger partial charge in [0.2, 0.25) is 0 Å². The summed E-state index contributed by atoms with van der Waals surface area (Å²) in [5, 5.41) is 4.14. The minimum absolute atomic E-state index is 0. The van der Waals surface area contributed by atoms with Gasteiger partial charge in [-0.2, -0.15) is 11.3 Å². The quantitative estimate of drug-likeness (QED) is 0.112. The molecule has 55 heavy (non-hydrogen) atoms. The van der Waals surface area contributed by atoms with E-state index in [0.717, 1.165) is 34.4 Å². The first-order chi connectivity index (χ1) is 26.4. The Morgan fingerprint density at radius 1 is 0.636 bits per heavy atom. The second kappa shape index (κ2) is 18.0. The number of thiophene rings is 1. The van der Waals surface area contributed by atoms with Crippen molar-refractivity contribution in [2.45, 2.75) is 90.3 Å². The van der Waals surface area contributed by atoms with Crippen LogP contribution < -0.4 is 5.19 Å². The third-order valence-corrected chi connectivity index (χ3v) is 14.8. The average Bonchev–Trinajstić information content (AvgIpc) is 3.86. The Labute approximate surface area is 347 Å². The number of benzene rings is 4. The summed E-state index contributed by atoms with van der Waals surface area (Å²) in [6, 6.07) is 43.7. The molecule has 4 aromatic carbocycles. The molecule has 0 N–H and O–H groups in total. The molecule has 0 saturated heterocycles. The van der Waals surface area contributed by atoms with Crippen molar-refractivity contribution >= 4 is 44.8 Å². The summed E-state index contributed by atoms with van der Waals surface area (Å²) in [4.78, 5) is 9.44. The van der Waals surface area contributed by atoms with Gasteiger partial charge in [0.25, 0.3) is 0 Å². The Balaban J connectivity index is 0.000000174. The molecule has 0 atom stereocenters. The number of aromatic nitrogens is 2. The molecular weight excluding hydrogens is 881 g/mol. The molecule has 0 bridgehead atoms. The van der Waals surface area contributed by atoms with E-state index in [4.69, 9.17) is 4.98 Å². The Morgan fingerprint density at radius 3 is 2.11 bits per heavy atom. The molecule has 0 unspecified atom stereocenters. The molecule has 3 heterocycles. The van der Waals surface area contributed by atoms with E-state index in [1.807, 2.05) is 29.7 Å². The van der Waals surface area contributed by atoms with Gasteiger partial charge in [0, 0.05) is 37.2 Å². The Morgan fingerprint density at radius 2 is 1.36 bits per heavy atom. The van der Waals surface area contributed by atoms with E-state index in [2.05, 4.69) is 134 Å². The van der Waals surface area contributed by atoms with Gasteiger partial charge in [-0.15, -0.1) is 59.7 Å². The molecule has 0 aliphatic heterocycles. The monoisotopic (exact) mass is 933 g/mol. The van der Waals surface area contributed by atoms with Crippen molar-refractivity contribution in [3.05, 3.63) is 139 Å². The predicted octanol–water partition coefficient (Wildman–Crippen LogP) is 13.5. The van der Waals surface area contributed by atoms with E-state index in [1.54, 1.807) is 10.8 Å². The van der Waals surface area contributed by atoms with E-state index < -0.39 is 8.07 Å². The summed E-state index contributed by atoms with van der Waals surface area (Å²) in [5.74, 6) is 1.72. The number of rotatable bonds is 8. The van der Waals surface area contributed by atoms with Crippen LogP contribution in [0.25, 0.3) is 53.8 Å². The van der Waals surface area contributed by atoms with Gasteiger partial charge in [-0.3, -0.25) is 0 Å². The van der Waals surface area contributed by atoms with Gasteiger partial charge in [0.1, 0.15) is 0 Å². The maximum Gasteiger partial charge on any atom is 0.0798 e. The molecule has 7 aromatic rings. The van der Waals surface area contributed by atoms with E-state index >= 15 is 0 Å². The van der Waals surface area contributed by atoms with Crippen molar-refractivity contribution in [2.24, 2.45) is 11.8 Å². The van der Waals surface area contributed by atoms with Gasteiger partial charge < -0.3 is 9.97 Å². The van der Waals surface area contributed by atoms with E-state index in [1.165, 1.54) is 107 Å². The van der Waals surface area contributed by atoms with Gasteiger partial charge in [-0.05, 0) is 74.6 Å². The van der Waals surface area contributed by atoms with Crippen LogP contribution in [0.4, 0.5) is 0 Å². The predicted molar refractivity (Wildman–Crippen MR) is 234 cm³/mol. The summed E-state index contributed by atoms with van der Waals surface area (Å²) in [6.07, 6.45) is 19.2. The van der Waals surface area contributed by atoms with Crippen LogP contribution in [-0.2, 0) is 32.9 Å². The molecule has 9 rings (SSSR count). The fraction of sp³-hybridized carbons (Fsp3) is 0.320. The first-order valence-corrected chi connectivity index (χ1v) is 24.5. The molecule has 283 valence electrons. The van der Waals surface area contributed by atoms with Crippen molar-refractivity contribution in [1.29, 1.82) is 0 Å². The number of pyridine rings is 2. The Hall–Kier alpha value is -3.73. The summed E-state index contributed by atoms with van der Waals surface area (Å²) in [7, 11) is -1.36. The molecule has 2 aliphatic carbocycles. The van der Waals surface area contributed by atoms with Gasteiger partial charge in [0.05, 0.1) is 8.07 Å². The van der Waals surface area contributed by atoms with Crippen molar-refractivity contribution in [3.8, 4) is 33.6 Å². The fourth-order valence-corrected chi connectivity index (χ4v) is 11.4. The van der Waals surface area contributed by atoms with Gasteiger partial charge in [0.15, 0.2) is 0 Å². The molecule has 2 saturated carbocycles. The second-order valence-electron chi connectivity index (χ2n) is 16.7. The fourth-order valence-electron chi connectivity index (χ4n) is 8.71. The normalized spacial score (nSPS) is 15.1. The zero-order valence-corrected chi connectivity index (χ0v) is 36.8. The standard InChI is InChI=1S/C29H24NS.C21H28NSi.Ir/c1-2-8-22(9-3-1)23-11-13-28-26(18-23)25-12-10-24(19-29(25)31-28)27-17-21(14-15-30-27)16-20-6-4-5-7-20;1-23(2,3)21-16-22-20(18-12-8-5-9-13-18)15-19(21)14-17-10-6-4-7-11-17;/h1-3,8-9,11-15,17-20H,4-7,16H2;5,8-9,12,15-17H,4,6-7,10-11,14H2,1-3H3;/q2*-1;. The number of hydrogen-bond donors (Lipinski definition) is 0. The van der Waals surface area contributed by atoms with Crippen LogP contribution in [0, 0.1) is 24.0 Å². The minimum Gasteiger partial charge on any atom is -0.305 e. The smallest absolute Gasteiger partial charge is 0.0798 e. The topological polar surface area (TPSA) is 25.8 Å². The number of nitrogens with zero attached hydrogens (tertiary/aromatic N) is 2. The summed E-state index contributed by atoms with van der Waals surface area (Å²) in [5.41, 5.74) is 9.81. The molecule has 3 aromatic heterocycles. The molecule has 5 heteroatoms. The first-order valence-electron chi connectivity index (χ1n) is 20.2. The van der Waals surface area contributed by atoms with Crippen molar-refractivity contribution in [1.82, 2.24) is 9.97 Å². The van der Waals surface area contributed by atoms with Crippen LogP contribution in [0.3, 0.4) is 0 Å². The van der Waals surface area contributed by atoms with Crippen LogP contribution in [0.2, 0.25) is 19.6 Å². The van der Waals surface area contributed by atoms with Gasteiger partial charge in [-0.1, -0.05) is 149 Å². The summed E-state index contributed by atoms with van der Waals surface area (Å²) >= 11 is 1.86. The van der Waals surface area contributed by atoms with Gasteiger partial charge >= 0.3 is 0 Å². The number of fused-ring (bicyclic) bond motifs is 3. The average molecular weight is 933 g/mol. The summed E-state index contributed by atoms with van der Waals surface area (Å²) < 4.78 is 2.63. The van der Waals surface area contributed by atoms with Crippen molar-refractivity contribution in [3.63, 3.8) is 0 Å². The number of hydrogen-bond acceptors (Lipinski definition) is 3. The molecule has 2 fully saturated rings. The van der Waals surface area contributed by atoms with E-state index in [-0.39, 0.29) is 20.1 Å². The Bertz CT molecular complexity index is 2320. The van der Waals surface area contributed by atoms with Crippen LogP contribution in [0.5, 0.6) is 0 Å². The van der Waals surface area contributed by atoms with Crippen LogP contribution in [-0.4, -0.2) is 18.0 Å². The molecule has 0 amide bonds. The van der Waals surface area contributed by atoms with Crippen molar-refractivity contribution < 1.29 is 20.1 Å². The van der Waals surface area contributed by atoms with E-state index in [9.17, 15) is 0 Å². The van der Waals surface area contributed by atoms with Crippen LogP contribution in [0.1, 0.15) is 68.9 Å². The molecular formula is C50H52IrN2SSi-2. The summed E-state index contributed by atoms with van der Waals surface area (Å²) in [6.45, 7) is 7.30. The molecule has 0 spiro atoms. The minimum atomic E-state index is -1.36. The third kappa shape index (κ3) is 9.63. The van der Waals surface area contributed by atoms with Crippen LogP contribution >= 0.6 is 11.3 Å². The SMILES string of the molecule is C[Si](C)(C)c1cnc(-c2[c-]cccc2)cc1CC1CCCCC1.[Ir].[c-]1cc2c(cc1-c1cc(CC3CCCC3)ccn1)sc1ccc(-c3ccccc3)cc12. The van der Waals surface area contributed by atoms with Gasteiger partial charge in [-0.25, -0.2) is 0 Å². The van der Waals surface area contributed by atoms with Crippen LogP contribution in [0.15, 0.2) is 116 Å². The zero-order chi connectivity index (χ0) is 36.9. The maximum absolute atomic E-state index is 4.77. The zero-order valence-electron chi connectivity index (χ0n) is 32.5. The maximum atomic E-state index is 4.77. The first kappa shape index (κ1) is 39.5. The van der Waals surface area contributed by atoms with Crippen molar-refractivity contribution in [2.75, 3.05) is 0 Å². The Kier molecular flexibility index (Phi) is 12.9. The largest absolute Gasteiger partial charge is 0.305 e. The third-order valence-electron chi connectivity index (χ3n) is 11.6.